The zero-order valence-corrected chi connectivity index (χ0v) is 10.5. The minimum Gasteiger partial charge on any atom is -0.505 e. The van der Waals surface area contributed by atoms with Crippen molar-refractivity contribution in [2.75, 3.05) is 6.54 Å². The molecule has 1 aromatic heterocycles. The molecule has 0 spiro atoms. The summed E-state index contributed by atoms with van der Waals surface area (Å²) in [7, 11) is 0. The maximum atomic E-state index is 12.4. The van der Waals surface area contributed by atoms with Crippen LogP contribution in [0.25, 0.3) is 0 Å². The average Bonchev–Trinajstić information content (AvgIpc) is 2.64. The number of aromatic hydroxyl groups is 1. The third-order valence-corrected chi connectivity index (χ3v) is 3.33. The van der Waals surface area contributed by atoms with E-state index in [0.717, 1.165) is 19.3 Å². The van der Waals surface area contributed by atoms with E-state index in [1.165, 1.54) is 23.4 Å². The first-order valence-electron chi connectivity index (χ1n) is 6.28. The maximum Gasteiger partial charge on any atom is 0.326 e. The number of aliphatic carboxylic acids is 1. The summed E-state index contributed by atoms with van der Waals surface area (Å²) in [5, 5.41) is 18.9. The fourth-order valence-corrected chi connectivity index (χ4v) is 2.33. The Kier molecular flexibility index (Phi) is 3.99. The summed E-state index contributed by atoms with van der Waals surface area (Å²) in [5.74, 6) is -1.67. The highest BCUT2D eigenvalue weighted by Gasteiger charge is 2.32. The molecule has 1 fully saturated rings. The van der Waals surface area contributed by atoms with Gasteiger partial charge in [-0.15, -0.1) is 0 Å². The molecule has 0 radical (unpaired) electrons. The Morgan fingerprint density at radius 1 is 1.32 bits per heavy atom. The van der Waals surface area contributed by atoms with Crippen LogP contribution in [-0.2, 0) is 4.79 Å². The number of nitrogens with zero attached hydrogens (tertiary/aromatic N) is 2. The molecule has 1 unspecified atom stereocenters. The standard InChI is InChI=1S/C13H16N2O4/c16-11-8-14-6-5-9(11)12(17)15-7-3-1-2-4-10(15)13(18)19/h5-6,8,10,16H,1-4,7H2,(H,18,19). The van der Waals surface area contributed by atoms with Crippen LogP contribution in [0.1, 0.15) is 36.0 Å². The van der Waals surface area contributed by atoms with Gasteiger partial charge in [-0.2, -0.15) is 0 Å². The van der Waals surface area contributed by atoms with Gasteiger partial charge in [-0.25, -0.2) is 4.79 Å². The van der Waals surface area contributed by atoms with Crippen LogP contribution in [0.2, 0.25) is 0 Å². The molecule has 0 saturated carbocycles. The summed E-state index contributed by atoms with van der Waals surface area (Å²) >= 11 is 0. The molecule has 0 bridgehead atoms. The van der Waals surface area contributed by atoms with Gasteiger partial charge in [-0.05, 0) is 18.9 Å². The van der Waals surface area contributed by atoms with Crippen LogP contribution >= 0.6 is 0 Å². The molecule has 0 aliphatic carbocycles. The first kappa shape index (κ1) is 13.3. The number of aromatic nitrogens is 1. The second kappa shape index (κ2) is 5.69. The minimum absolute atomic E-state index is 0.100. The molecule has 2 N–H and O–H groups in total. The monoisotopic (exact) mass is 264 g/mol. The van der Waals surface area contributed by atoms with E-state index >= 15 is 0 Å². The lowest BCUT2D eigenvalue weighted by molar-refractivity contribution is -0.142. The molecular formula is C13H16N2O4. The van der Waals surface area contributed by atoms with Gasteiger partial charge in [0.25, 0.3) is 5.91 Å². The molecule has 2 heterocycles. The van der Waals surface area contributed by atoms with Gasteiger partial charge in [0.1, 0.15) is 11.8 Å². The molecule has 6 heteroatoms. The number of carbonyl (C=O) groups excluding carboxylic acids is 1. The van der Waals surface area contributed by atoms with Crippen molar-refractivity contribution in [1.29, 1.82) is 0 Å². The second-order valence-electron chi connectivity index (χ2n) is 4.59. The highest BCUT2D eigenvalue weighted by Crippen LogP contribution is 2.23. The summed E-state index contributed by atoms with van der Waals surface area (Å²) in [6.45, 7) is 0.400. The van der Waals surface area contributed by atoms with Crippen LogP contribution in [0.3, 0.4) is 0 Å². The van der Waals surface area contributed by atoms with E-state index in [-0.39, 0.29) is 11.3 Å². The average molecular weight is 264 g/mol. The predicted molar refractivity (Wildman–Crippen MR) is 66.8 cm³/mol. The van der Waals surface area contributed by atoms with Crippen molar-refractivity contribution < 1.29 is 19.8 Å². The lowest BCUT2D eigenvalue weighted by Gasteiger charge is -2.27. The quantitative estimate of drug-likeness (QED) is 0.839. The molecule has 2 rings (SSSR count). The van der Waals surface area contributed by atoms with E-state index in [1.54, 1.807) is 0 Å². The number of carboxylic acid groups (broad SMARTS) is 1. The molecule has 1 saturated heterocycles. The van der Waals surface area contributed by atoms with E-state index in [9.17, 15) is 19.8 Å². The number of carboxylic acids is 1. The number of amides is 1. The van der Waals surface area contributed by atoms with Crippen molar-refractivity contribution in [3.05, 3.63) is 24.0 Å². The Bertz CT molecular complexity index is 489. The maximum absolute atomic E-state index is 12.4. The number of carbonyl (C=O) groups is 2. The minimum atomic E-state index is -0.996. The largest absolute Gasteiger partial charge is 0.505 e. The number of hydrogen-bond acceptors (Lipinski definition) is 4. The highest BCUT2D eigenvalue weighted by atomic mass is 16.4. The number of hydrogen-bond donors (Lipinski definition) is 2. The summed E-state index contributed by atoms with van der Waals surface area (Å²) < 4.78 is 0. The lowest BCUT2D eigenvalue weighted by atomic mass is 10.1. The van der Waals surface area contributed by atoms with Gasteiger partial charge >= 0.3 is 5.97 Å². The Morgan fingerprint density at radius 3 is 2.79 bits per heavy atom. The Morgan fingerprint density at radius 2 is 2.11 bits per heavy atom. The van der Waals surface area contributed by atoms with Crippen LogP contribution in [0, 0.1) is 0 Å². The van der Waals surface area contributed by atoms with E-state index in [4.69, 9.17) is 0 Å². The third kappa shape index (κ3) is 2.83. The van der Waals surface area contributed by atoms with Gasteiger partial charge in [0, 0.05) is 12.7 Å². The van der Waals surface area contributed by atoms with Crippen molar-refractivity contribution in [3.8, 4) is 5.75 Å². The van der Waals surface area contributed by atoms with Crippen molar-refractivity contribution in [2.45, 2.75) is 31.7 Å². The Labute approximate surface area is 110 Å². The smallest absolute Gasteiger partial charge is 0.326 e. The van der Waals surface area contributed by atoms with Gasteiger partial charge in [-0.3, -0.25) is 9.78 Å². The molecule has 19 heavy (non-hydrogen) atoms. The van der Waals surface area contributed by atoms with Crippen LogP contribution in [0.15, 0.2) is 18.5 Å². The number of rotatable bonds is 2. The Hall–Kier alpha value is -2.11. The van der Waals surface area contributed by atoms with Gasteiger partial charge in [-0.1, -0.05) is 12.8 Å². The predicted octanol–water partition coefficient (Wildman–Crippen LogP) is 1.26. The first-order chi connectivity index (χ1) is 9.11. The van der Waals surface area contributed by atoms with Crippen molar-refractivity contribution in [2.24, 2.45) is 0 Å². The molecular weight excluding hydrogens is 248 g/mol. The summed E-state index contributed by atoms with van der Waals surface area (Å²) in [6, 6.07) is 0.587. The first-order valence-corrected chi connectivity index (χ1v) is 6.28. The number of pyridine rings is 1. The number of likely N-dealkylation sites (tertiary alicyclic amines) is 1. The van der Waals surface area contributed by atoms with Crippen molar-refractivity contribution in [1.82, 2.24) is 9.88 Å². The topological polar surface area (TPSA) is 90.7 Å². The van der Waals surface area contributed by atoms with Gasteiger partial charge in [0.15, 0.2) is 0 Å². The summed E-state index contributed by atoms with van der Waals surface area (Å²) in [4.78, 5) is 28.7. The van der Waals surface area contributed by atoms with Gasteiger partial charge < -0.3 is 15.1 Å². The molecule has 1 amide bonds. The van der Waals surface area contributed by atoms with Crippen LogP contribution in [0.4, 0.5) is 0 Å². The molecule has 102 valence electrons. The van der Waals surface area contributed by atoms with E-state index in [2.05, 4.69) is 4.98 Å². The van der Waals surface area contributed by atoms with E-state index in [1.807, 2.05) is 0 Å². The fourth-order valence-electron chi connectivity index (χ4n) is 2.33. The van der Waals surface area contributed by atoms with E-state index < -0.39 is 17.9 Å². The van der Waals surface area contributed by atoms with Gasteiger partial charge in [0.2, 0.25) is 0 Å². The third-order valence-electron chi connectivity index (χ3n) is 3.33. The van der Waals surface area contributed by atoms with Crippen molar-refractivity contribution in [3.63, 3.8) is 0 Å². The van der Waals surface area contributed by atoms with Crippen LogP contribution in [0.5, 0.6) is 5.75 Å². The lowest BCUT2D eigenvalue weighted by Crippen LogP contribution is -2.44. The van der Waals surface area contributed by atoms with Crippen LogP contribution < -0.4 is 0 Å². The zero-order chi connectivity index (χ0) is 13.8. The SMILES string of the molecule is O=C(O)C1CCCCCN1C(=O)c1ccncc1O. The fraction of sp³-hybridized carbons (Fsp3) is 0.462. The normalized spacial score (nSPS) is 19.8. The molecule has 1 aliphatic rings. The molecule has 1 aliphatic heterocycles. The van der Waals surface area contributed by atoms with Gasteiger partial charge in [0.05, 0.1) is 11.8 Å². The molecule has 1 atom stereocenters. The van der Waals surface area contributed by atoms with Crippen LogP contribution in [-0.4, -0.2) is 44.6 Å². The van der Waals surface area contributed by atoms with E-state index in [0.29, 0.717) is 13.0 Å². The second-order valence-corrected chi connectivity index (χ2v) is 4.59. The summed E-state index contributed by atoms with van der Waals surface area (Å²) in [6.07, 6.45) is 5.52. The van der Waals surface area contributed by atoms with Crippen molar-refractivity contribution >= 4 is 11.9 Å². The zero-order valence-electron chi connectivity index (χ0n) is 10.5. The highest BCUT2D eigenvalue weighted by molar-refractivity contribution is 5.98. The molecule has 6 nitrogen and oxygen atoms in total. The Balaban J connectivity index is 2.29. The summed E-state index contributed by atoms with van der Waals surface area (Å²) in [5.41, 5.74) is 0.100. The molecule has 0 aromatic carbocycles. The molecule has 1 aromatic rings.